The van der Waals surface area contributed by atoms with Crippen LogP contribution in [0.3, 0.4) is 0 Å². The Morgan fingerprint density at radius 1 is 1.56 bits per heavy atom. The Morgan fingerprint density at radius 3 is 2.81 bits per heavy atom. The van der Waals surface area contributed by atoms with Gasteiger partial charge in [0.15, 0.2) is 0 Å². The first-order valence-electron chi connectivity index (χ1n) is 5.89. The lowest BCUT2D eigenvalue weighted by atomic mass is 10.2. The molecule has 1 saturated carbocycles. The van der Waals surface area contributed by atoms with E-state index in [4.69, 9.17) is 5.73 Å². The number of carbonyl (C=O) groups excluding carboxylic acids is 1. The third kappa shape index (κ3) is 2.38. The van der Waals surface area contributed by atoms with Gasteiger partial charge in [0, 0.05) is 10.9 Å². The molecule has 0 saturated heterocycles. The van der Waals surface area contributed by atoms with Gasteiger partial charge >= 0.3 is 0 Å². The van der Waals surface area contributed by atoms with Crippen molar-refractivity contribution in [1.29, 1.82) is 0 Å². The maximum Gasteiger partial charge on any atom is 0.254 e. The number of nitrogen functional groups attached to an aromatic ring is 1. The average molecular weight is 238 g/mol. The first-order valence-corrected chi connectivity index (χ1v) is 6.71. The second-order valence-electron chi connectivity index (χ2n) is 4.30. The highest BCUT2D eigenvalue weighted by Gasteiger charge is 2.20. The number of hydrogen-bond acceptors (Lipinski definition) is 3. The molecular weight excluding hydrogens is 220 g/mol. The van der Waals surface area contributed by atoms with Crippen LogP contribution in [0.5, 0.6) is 0 Å². The SMILES string of the molecule is CCc1cc(C(=O)NC2CCCC2)c(N)s1. The molecule has 2 rings (SSSR count). The molecule has 0 atom stereocenters. The third-order valence-corrected chi connectivity index (χ3v) is 4.20. The van der Waals surface area contributed by atoms with Gasteiger partial charge in [0.25, 0.3) is 5.91 Å². The van der Waals surface area contributed by atoms with Gasteiger partial charge in [-0.3, -0.25) is 4.79 Å². The molecule has 0 unspecified atom stereocenters. The third-order valence-electron chi connectivity index (χ3n) is 3.10. The number of aryl methyl sites for hydroxylation is 1. The van der Waals surface area contributed by atoms with Crippen molar-refractivity contribution < 1.29 is 4.79 Å². The van der Waals surface area contributed by atoms with Crippen LogP contribution in [0.15, 0.2) is 6.07 Å². The Balaban J connectivity index is 2.04. The number of carbonyl (C=O) groups is 1. The Labute approximate surface area is 100 Å². The molecule has 1 aliphatic carbocycles. The zero-order chi connectivity index (χ0) is 11.5. The number of hydrogen-bond donors (Lipinski definition) is 2. The second-order valence-corrected chi connectivity index (χ2v) is 5.47. The standard InChI is InChI=1S/C12H18N2OS/c1-2-9-7-10(11(13)16-9)12(15)14-8-5-3-4-6-8/h7-8H,2-6,13H2,1H3,(H,14,15). The van der Waals surface area contributed by atoms with Crippen LogP contribution in [0.2, 0.25) is 0 Å². The monoisotopic (exact) mass is 238 g/mol. The quantitative estimate of drug-likeness (QED) is 0.850. The van der Waals surface area contributed by atoms with Crippen LogP contribution >= 0.6 is 11.3 Å². The molecule has 0 spiro atoms. The fourth-order valence-electron chi connectivity index (χ4n) is 2.14. The molecule has 0 aliphatic heterocycles. The largest absolute Gasteiger partial charge is 0.390 e. The van der Waals surface area contributed by atoms with Crippen LogP contribution in [-0.2, 0) is 6.42 Å². The Bertz CT molecular complexity index is 380. The van der Waals surface area contributed by atoms with Crippen molar-refractivity contribution >= 4 is 22.2 Å². The molecule has 3 nitrogen and oxygen atoms in total. The van der Waals surface area contributed by atoms with Crippen molar-refractivity contribution in [2.45, 2.75) is 45.1 Å². The fraction of sp³-hybridized carbons (Fsp3) is 0.583. The molecule has 1 fully saturated rings. The van der Waals surface area contributed by atoms with E-state index >= 15 is 0 Å². The first-order chi connectivity index (χ1) is 7.70. The Kier molecular flexibility index (Phi) is 3.49. The molecule has 4 heteroatoms. The van der Waals surface area contributed by atoms with Gasteiger partial charge in [0.2, 0.25) is 0 Å². The minimum Gasteiger partial charge on any atom is -0.390 e. The van der Waals surface area contributed by atoms with Gasteiger partial charge in [-0.25, -0.2) is 0 Å². The van der Waals surface area contributed by atoms with E-state index < -0.39 is 0 Å². The molecule has 0 bridgehead atoms. The zero-order valence-electron chi connectivity index (χ0n) is 9.58. The van der Waals surface area contributed by atoms with Gasteiger partial charge in [-0.05, 0) is 25.3 Å². The van der Waals surface area contributed by atoms with E-state index in [-0.39, 0.29) is 5.91 Å². The molecule has 1 heterocycles. The fourth-order valence-corrected chi connectivity index (χ4v) is 3.01. The van der Waals surface area contributed by atoms with Crippen LogP contribution in [0.4, 0.5) is 5.00 Å². The predicted molar refractivity (Wildman–Crippen MR) is 67.8 cm³/mol. The maximum atomic E-state index is 12.0. The normalized spacial score (nSPS) is 16.6. The van der Waals surface area contributed by atoms with Crippen LogP contribution < -0.4 is 11.1 Å². The molecular formula is C12H18N2OS. The maximum absolute atomic E-state index is 12.0. The summed E-state index contributed by atoms with van der Waals surface area (Å²) in [4.78, 5) is 13.1. The van der Waals surface area contributed by atoms with Gasteiger partial charge in [-0.2, -0.15) is 0 Å². The predicted octanol–water partition coefficient (Wildman–Crippen LogP) is 2.57. The van der Waals surface area contributed by atoms with Crippen molar-refractivity contribution in [3.05, 3.63) is 16.5 Å². The highest BCUT2D eigenvalue weighted by atomic mass is 32.1. The summed E-state index contributed by atoms with van der Waals surface area (Å²) in [6.07, 6.45) is 5.60. The van der Waals surface area contributed by atoms with Crippen molar-refractivity contribution in [2.75, 3.05) is 5.73 Å². The van der Waals surface area contributed by atoms with E-state index in [2.05, 4.69) is 12.2 Å². The summed E-state index contributed by atoms with van der Waals surface area (Å²) in [6, 6.07) is 2.28. The van der Waals surface area contributed by atoms with E-state index in [0.717, 1.165) is 19.3 Å². The summed E-state index contributed by atoms with van der Waals surface area (Å²) in [7, 11) is 0. The van der Waals surface area contributed by atoms with Crippen molar-refractivity contribution in [1.82, 2.24) is 5.32 Å². The van der Waals surface area contributed by atoms with Gasteiger partial charge in [-0.1, -0.05) is 19.8 Å². The van der Waals surface area contributed by atoms with Crippen molar-refractivity contribution in [2.24, 2.45) is 0 Å². The number of rotatable bonds is 3. The van der Waals surface area contributed by atoms with E-state index in [1.54, 1.807) is 0 Å². The number of anilines is 1. The summed E-state index contributed by atoms with van der Waals surface area (Å²) in [5.41, 5.74) is 6.51. The van der Waals surface area contributed by atoms with E-state index in [1.165, 1.54) is 29.1 Å². The van der Waals surface area contributed by atoms with Crippen molar-refractivity contribution in [3.63, 3.8) is 0 Å². The van der Waals surface area contributed by atoms with Gasteiger partial charge in [-0.15, -0.1) is 11.3 Å². The molecule has 1 amide bonds. The van der Waals surface area contributed by atoms with Crippen LogP contribution in [0.1, 0.15) is 47.8 Å². The Hall–Kier alpha value is -1.03. The van der Waals surface area contributed by atoms with Gasteiger partial charge in [0.1, 0.15) is 0 Å². The molecule has 16 heavy (non-hydrogen) atoms. The Morgan fingerprint density at radius 2 is 2.25 bits per heavy atom. The summed E-state index contributed by atoms with van der Waals surface area (Å²) < 4.78 is 0. The minimum absolute atomic E-state index is 0.000324. The molecule has 1 aromatic heterocycles. The summed E-state index contributed by atoms with van der Waals surface area (Å²) >= 11 is 1.52. The summed E-state index contributed by atoms with van der Waals surface area (Å²) in [5, 5.41) is 3.71. The zero-order valence-corrected chi connectivity index (χ0v) is 10.4. The minimum atomic E-state index is 0.000324. The molecule has 1 aliphatic rings. The number of thiophene rings is 1. The van der Waals surface area contributed by atoms with Gasteiger partial charge in [0.05, 0.1) is 10.6 Å². The molecule has 1 aromatic rings. The number of amides is 1. The second kappa shape index (κ2) is 4.87. The summed E-state index contributed by atoms with van der Waals surface area (Å²) in [5.74, 6) is 0.000324. The lowest BCUT2D eigenvalue weighted by Gasteiger charge is -2.11. The number of nitrogens with one attached hydrogen (secondary N) is 1. The van der Waals surface area contributed by atoms with Crippen LogP contribution in [0, 0.1) is 0 Å². The van der Waals surface area contributed by atoms with Crippen LogP contribution in [0.25, 0.3) is 0 Å². The van der Waals surface area contributed by atoms with Crippen LogP contribution in [-0.4, -0.2) is 11.9 Å². The van der Waals surface area contributed by atoms with E-state index in [0.29, 0.717) is 16.6 Å². The molecule has 3 N–H and O–H groups in total. The topological polar surface area (TPSA) is 55.1 Å². The van der Waals surface area contributed by atoms with Crippen molar-refractivity contribution in [3.8, 4) is 0 Å². The molecule has 88 valence electrons. The molecule has 0 radical (unpaired) electrons. The highest BCUT2D eigenvalue weighted by molar-refractivity contribution is 7.16. The smallest absolute Gasteiger partial charge is 0.254 e. The average Bonchev–Trinajstić information content (AvgIpc) is 2.87. The van der Waals surface area contributed by atoms with E-state index in [1.807, 2.05) is 6.07 Å². The lowest BCUT2D eigenvalue weighted by Crippen LogP contribution is -2.32. The number of nitrogens with two attached hydrogens (primary N) is 1. The van der Waals surface area contributed by atoms with Gasteiger partial charge < -0.3 is 11.1 Å². The lowest BCUT2D eigenvalue weighted by molar-refractivity contribution is 0.0939. The first kappa shape index (κ1) is 11.5. The highest BCUT2D eigenvalue weighted by Crippen LogP contribution is 2.26. The summed E-state index contributed by atoms with van der Waals surface area (Å²) in [6.45, 7) is 2.07. The van der Waals surface area contributed by atoms with E-state index in [9.17, 15) is 4.79 Å². The molecule has 0 aromatic carbocycles.